The van der Waals surface area contributed by atoms with E-state index in [1.54, 1.807) is 0 Å². The summed E-state index contributed by atoms with van der Waals surface area (Å²) in [5.74, 6) is 1.37. The molecule has 1 unspecified atom stereocenters. The van der Waals surface area contributed by atoms with Gasteiger partial charge in [0.05, 0.1) is 0 Å². The maximum absolute atomic E-state index is 5.65. The normalized spacial score (nSPS) is 20.1. The van der Waals surface area contributed by atoms with Crippen molar-refractivity contribution in [1.82, 2.24) is 14.8 Å². The predicted molar refractivity (Wildman–Crippen MR) is 55.0 cm³/mol. The lowest BCUT2D eigenvalue weighted by Gasteiger charge is -2.16. The monoisotopic (exact) mass is 194 g/mol. The summed E-state index contributed by atoms with van der Waals surface area (Å²) in [4.78, 5) is 0. The van der Waals surface area contributed by atoms with Gasteiger partial charge in [-0.2, -0.15) is 0 Å². The minimum absolute atomic E-state index is 0.318. The first-order valence-corrected chi connectivity index (χ1v) is 5.42. The molecule has 1 saturated carbocycles. The highest BCUT2D eigenvalue weighted by atomic mass is 15.3. The van der Waals surface area contributed by atoms with Gasteiger partial charge in [-0.15, -0.1) is 10.2 Å². The predicted octanol–water partition coefficient (Wildman–Crippen LogP) is 1.46. The highest BCUT2D eigenvalue weighted by Gasteiger charge is 2.21. The molecule has 1 atom stereocenters. The van der Waals surface area contributed by atoms with Crippen molar-refractivity contribution in [2.75, 3.05) is 6.54 Å². The Morgan fingerprint density at radius 2 is 2.29 bits per heavy atom. The molecule has 4 nitrogen and oxygen atoms in total. The molecule has 2 N–H and O–H groups in total. The average molecular weight is 194 g/mol. The first kappa shape index (κ1) is 9.65. The second kappa shape index (κ2) is 4.09. The SMILES string of the molecule is CC(CN)c1nncn1C1CCCC1. The van der Waals surface area contributed by atoms with Gasteiger partial charge in [-0.25, -0.2) is 0 Å². The van der Waals surface area contributed by atoms with Crippen LogP contribution in [0.1, 0.15) is 50.4 Å². The van der Waals surface area contributed by atoms with Gasteiger partial charge in [0.15, 0.2) is 0 Å². The van der Waals surface area contributed by atoms with E-state index in [2.05, 4.69) is 21.7 Å². The van der Waals surface area contributed by atoms with E-state index in [9.17, 15) is 0 Å². The van der Waals surface area contributed by atoms with Gasteiger partial charge in [-0.1, -0.05) is 19.8 Å². The molecule has 0 radical (unpaired) electrons. The van der Waals surface area contributed by atoms with E-state index in [1.807, 2.05) is 6.33 Å². The van der Waals surface area contributed by atoms with Gasteiger partial charge >= 0.3 is 0 Å². The summed E-state index contributed by atoms with van der Waals surface area (Å²) in [7, 11) is 0. The molecule has 0 bridgehead atoms. The molecule has 1 aromatic heterocycles. The van der Waals surface area contributed by atoms with Crippen molar-refractivity contribution in [2.24, 2.45) is 5.73 Å². The third kappa shape index (κ3) is 1.66. The molecule has 78 valence electrons. The van der Waals surface area contributed by atoms with Crippen molar-refractivity contribution >= 4 is 0 Å². The fraction of sp³-hybridized carbons (Fsp3) is 0.800. The Bertz CT molecular complexity index is 288. The number of nitrogens with zero attached hydrogens (tertiary/aromatic N) is 3. The summed E-state index contributed by atoms with van der Waals surface area (Å²) in [5.41, 5.74) is 5.65. The van der Waals surface area contributed by atoms with Crippen molar-refractivity contribution in [3.8, 4) is 0 Å². The zero-order valence-electron chi connectivity index (χ0n) is 8.69. The van der Waals surface area contributed by atoms with E-state index in [0.717, 1.165) is 5.82 Å². The molecule has 1 fully saturated rings. The highest BCUT2D eigenvalue weighted by Crippen LogP contribution is 2.31. The van der Waals surface area contributed by atoms with Crippen molar-refractivity contribution in [2.45, 2.75) is 44.6 Å². The molecule has 0 spiro atoms. The van der Waals surface area contributed by atoms with Crippen molar-refractivity contribution in [1.29, 1.82) is 0 Å². The fourth-order valence-corrected chi connectivity index (χ4v) is 2.17. The van der Waals surface area contributed by atoms with E-state index < -0.39 is 0 Å². The molecule has 1 heterocycles. The lowest BCUT2D eigenvalue weighted by molar-refractivity contribution is 0.481. The molecule has 1 aliphatic carbocycles. The van der Waals surface area contributed by atoms with E-state index in [-0.39, 0.29) is 0 Å². The molecular formula is C10H18N4. The van der Waals surface area contributed by atoms with Crippen LogP contribution < -0.4 is 5.73 Å². The Kier molecular flexibility index (Phi) is 2.82. The zero-order chi connectivity index (χ0) is 9.97. The number of hydrogen-bond donors (Lipinski definition) is 1. The van der Waals surface area contributed by atoms with Crippen LogP contribution in [0.3, 0.4) is 0 Å². The topological polar surface area (TPSA) is 56.7 Å². The second-order valence-corrected chi connectivity index (χ2v) is 4.17. The molecule has 0 amide bonds. The first-order chi connectivity index (χ1) is 6.83. The largest absolute Gasteiger partial charge is 0.330 e. The van der Waals surface area contributed by atoms with Gasteiger partial charge in [0.2, 0.25) is 0 Å². The second-order valence-electron chi connectivity index (χ2n) is 4.17. The lowest BCUT2D eigenvalue weighted by atomic mass is 10.1. The van der Waals surface area contributed by atoms with E-state index >= 15 is 0 Å². The van der Waals surface area contributed by atoms with Gasteiger partial charge in [0.1, 0.15) is 12.2 Å². The Hall–Kier alpha value is -0.900. The maximum atomic E-state index is 5.65. The quantitative estimate of drug-likeness (QED) is 0.792. The van der Waals surface area contributed by atoms with Crippen LogP contribution in [0.25, 0.3) is 0 Å². The molecule has 1 aromatic rings. The summed E-state index contributed by atoms with van der Waals surface area (Å²) >= 11 is 0. The molecule has 14 heavy (non-hydrogen) atoms. The average Bonchev–Trinajstić information content (AvgIpc) is 2.85. The summed E-state index contributed by atoms with van der Waals surface area (Å²) in [6, 6.07) is 0.619. The van der Waals surface area contributed by atoms with E-state index in [1.165, 1.54) is 25.7 Å². The smallest absolute Gasteiger partial charge is 0.137 e. The summed E-state index contributed by atoms with van der Waals surface area (Å²) < 4.78 is 2.23. The van der Waals surface area contributed by atoms with Crippen LogP contribution >= 0.6 is 0 Å². The molecule has 0 aromatic carbocycles. The zero-order valence-corrected chi connectivity index (χ0v) is 8.69. The van der Waals surface area contributed by atoms with Crippen molar-refractivity contribution in [3.05, 3.63) is 12.2 Å². The van der Waals surface area contributed by atoms with E-state index in [0.29, 0.717) is 18.5 Å². The number of aromatic nitrogens is 3. The highest BCUT2D eigenvalue weighted by molar-refractivity contribution is 4.98. The fourth-order valence-electron chi connectivity index (χ4n) is 2.17. The van der Waals surface area contributed by atoms with Gasteiger partial charge in [0, 0.05) is 18.5 Å². The number of nitrogens with two attached hydrogens (primary N) is 1. The molecule has 0 saturated heterocycles. The summed E-state index contributed by atoms with van der Waals surface area (Å²) in [5, 5.41) is 8.16. The third-order valence-corrected chi connectivity index (χ3v) is 3.11. The first-order valence-electron chi connectivity index (χ1n) is 5.42. The van der Waals surface area contributed by atoms with Gasteiger partial charge in [-0.05, 0) is 12.8 Å². The minimum Gasteiger partial charge on any atom is -0.330 e. The molecular weight excluding hydrogens is 176 g/mol. The van der Waals surface area contributed by atoms with Crippen molar-refractivity contribution in [3.63, 3.8) is 0 Å². The van der Waals surface area contributed by atoms with Crippen LogP contribution in [-0.2, 0) is 0 Å². The molecule has 2 rings (SSSR count). The molecule has 4 heteroatoms. The summed E-state index contributed by atoms with van der Waals surface area (Å²) in [6.45, 7) is 2.75. The Labute approximate surface area is 84.5 Å². The van der Waals surface area contributed by atoms with Crippen LogP contribution in [0.4, 0.5) is 0 Å². The van der Waals surface area contributed by atoms with Gasteiger partial charge < -0.3 is 10.3 Å². The van der Waals surface area contributed by atoms with Crippen LogP contribution in [0.5, 0.6) is 0 Å². The Balaban J connectivity index is 2.19. The van der Waals surface area contributed by atoms with Crippen LogP contribution in [-0.4, -0.2) is 21.3 Å². The maximum Gasteiger partial charge on any atom is 0.137 e. The molecule has 0 aliphatic heterocycles. The standard InChI is InChI=1S/C10H18N4/c1-8(6-11)10-13-12-7-14(10)9-4-2-3-5-9/h7-9H,2-6,11H2,1H3. The third-order valence-electron chi connectivity index (χ3n) is 3.11. The summed E-state index contributed by atoms with van der Waals surface area (Å²) in [6.07, 6.45) is 7.06. The Morgan fingerprint density at radius 3 is 2.93 bits per heavy atom. The van der Waals surface area contributed by atoms with Gasteiger partial charge in [0.25, 0.3) is 0 Å². The van der Waals surface area contributed by atoms with E-state index in [4.69, 9.17) is 5.73 Å². The Morgan fingerprint density at radius 1 is 1.57 bits per heavy atom. The molecule has 1 aliphatic rings. The number of rotatable bonds is 3. The lowest BCUT2D eigenvalue weighted by Crippen LogP contribution is -2.16. The van der Waals surface area contributed by atoms with Crippen LogP contribution in [0.15, 0.2) is 6.33 Å². The minimum atomic E-state index is 0.318. The number of hydrogen-bond acceptors (Lipinski definition) is 3. The van der Waals surface area contributed by atoms with Crippen LogP contribution in [0.2, 0.25) is 0 Å². The van der Waals surface area contributed by atoms with Crippen molar-refractivity contribution < 1.29 is 0 Å². The van der Waals surface area contributed by atoms with Gasteiger partial charge in [-0.3, -0.25) is 0 Å². The van der Waals surface area contributed by atoms with Crippen LogP contribution in [0, 0.1) is 0 Å².